The maximum atomic E-state index is 10.9. The second-order valence-corrected chi connectivity index (χ2v) is 9.28. The van der Waals surface area contributed by atoms with E-state index in [2.05, 4.69) is 62.4 Å². The van der Waals surface area contributed by atoms with Crippen LogP contribution >= 0.6 is 0 Å². The third kappa shape index (κ3) is 2.38. The number of fused-ring (bicyclic) bond motifs is 1. The number of aromatic nitrogens is 1. The first-order chi connectivity index (χ1) is 14.6. The van der Waals surface area contributed by atoms with Gasteiger partial charge in [-0.3, -0.25) is 9.78 Å². The Morgan fingerprint density at radius 1 is 1.00 bits per heavy atom. The zero-order chi connectivity index (χ0) is 20.5. The summed E-state index contributed by atoms with van der Waals surface area (Å²) in [5.41, 5.74) is 7.70. The lowest BCUT2D eigenvalue weighted by molar-refractivity contribution is 0.0160. The van der Waals surface area contributed by atoms with Crippen LogP contribution in [0.5, 0.6) is 0 Å². The number of benzene rings is 2. The van der Waals surface area contributed by atoms with Crippen molar-refractivity contribution in [2.45, 2.75) is 32.6 Å². The van der Waals surface area contributed by atoms with E-state index in [1.807, 2.05) is 6.07 Å². The molecule has 30 heavy (non-hydrogen) atoms. The number of hydrogen-bond donors (Lipinski definition) is 0. The van der Waals surface area contributed by atoms with Crippen LogP contribution in [0.4, 0.5) is 0 Å². The Morgan fingerprint density at radius 2 is 1.77 bits per heavy atom. The van der Waals surface area contributed by atoms with Crippen LogP contribution in [0.1, 0.15) is 48.0 Å². The van der Waals surface area contributed by atoms with Gasteiger partial charge in [0.15, 0.2) is 12.0 Å². The molecule has 7 rings (SSSR count). The molecule has 2 atom stereocenters. The summed E-state index contributed by atoms with van der Waals surface area (Å²) < 4.78 is 5.59. The summed E-state index contributed by atoms with van der Waals surface area (Å²) in [5.74, 6) is 2.36. The van der Waals surface area contributed by atoms with Crippen molar-refractivity contribution in [2.75, 3.05) is 0 Å². The Morgan fingerprint density at radius 3 is 2.50 bits per heavy atom. The van der Waals surface area contributed by atoms with E-state index >= 15 is 0 Å². The molecule has 3 nitrogen and oxygen atoms in total. The summed E-state index contributed by atoms with van der Waals surface area (Å²) in [7, 11) is 0. The predicted octanol–water partition coefficient (Wildman–Crippen LogP) is 6.66. The average molecular weight is 393 g/mol. The molecule has 0 spiro atoms. The second-order valence-electron chi connectivity index (χ2n) is 9.28. The Bertz CT molecular complexity index is 1300. The molecule has 1 saturated carbocycles. The number of furan rings is 1. The lowest BCUT2D eigenvalue weighted by Crippen LogP contribution is -2.48. The minimum Gasteiger partial charge on any atom is -0.453 e. The number of carbonyl (C=O) groups excluding carboxylic acids is 1. The highest BCUT2D eigenvalue weighted by molar-refractivity contribution is 5.97. The molecule has 0 saturated heterocycles. The molecule has 2 aromatic carbocycles. The maximum absolute atomic E-state index is 10.9. The first-order valence-electron chi connectivity index (χ1n) is 10.6. The average Bonchev–Trinajstić information content (AvgIpc) is 3.26. The molecule has 148 valence electrons. The zero-order valence-corrected chi connectivity index (χ0v) is 17.2. The number of hydrogen-bond acceptors (Lipinski definition) is 3. The van der Waals surface area contributed by atoms with E-state index in [4.69, 9.17) is 9.40 Å². The van der Waals surface area contributed by atoms with Crippen molar-refractivity contribution < 1.29 is 9.21 Å². The number of carbonyl (C=O) groups is 1. The van der Waals surface area contributed by atoms with Crippen molar-refractivity contribution >= 4 is 17.2 Å². The highest BCUT2D eigenvalue weighted by Crippen LogP contribution is 2.63. The van der Waals surface area contributed by atoms with Crippen molar-refractivity contribution in [3.05, 3.63) is 77.7 Å². The Labute approximate surface area is 175 Å². The lowest BCUT2D eigenvalue weighted by Gasteiger charge is -2.56. The first-order valence-corrected chi connectivity index (χ1v) is 10.6. The smallest absolute Gasteiger partial charge is 0.185 e. The normalized spacial score (nSPS) is 21.1. The van der Waals surface area contributed by atoms with Crippen molar-refractivity contribution in [1.82, 2.24) is 4.98 Å². The van der Waals surface area contributed by atoms with Gasteiger partial charge in [0.1, 0.15) is 5.76 Å². The molecule has 3 aliphatic rings. The molecule has 2 aromatic heterocycles. The molecular weight excluding hydrogens is 370 g/mol. The van der Waals surface area contributed by atoms with Crippen LogP contribution in [0.25, 0.3) is 33.4 Å². The Balaban J connectivity index is 1.52. The fourth-order valence-electron chi connectivity index (χ4n) is 5.54. The first kappa shape index (κ1) is 17.6. The predicted molar refractivity (Wildman–Crippen MR) is 119 cm³/mol. The summed E-state index contributed by atoms with van der Waals surface area (Å²) >= 11 is 0. The van der Waals surface area contributed by atoms with Gasteiger partial charge in [0.05, 0.1) is 5.52 Å². The number of para-hydroxylation sites is 1. The summed E-state index contributed by atoms with van der Waals surface area (Å²) in [6.07, 6.45) is 3.11. The Hall–Kier alpha value is -3.20. The molecule has 2 unspecified atom stereocenters. The minimum atomic E-state index is 0.346. The molecule has 0 N–H and O–H groups in total. The largest absolute Gasteiger partial charge is 0.453 e. The lowest BCUT2D eigenvalue weighted by atomic mass is 9.48. The summed E-state index contributed by atoms with van der Waals surface area (Å²) in [6, 6.07) is 20.6. The van der Waals surface area contributed by atoms with Gasteiger partial charge in [-0.05, 0) is 59.1 Å². The molecule has 0 radical (unpaired) electrons. The van der Waals surface area contributed by atoms with Crippen LogP contribution in [0.2, 0.25) is 0 Å². The third-order valence-electron chi connectivity index (χ3n) is 7.48. The minimum absolute atomic E-state index is 0.346. The molecule has 0 amide bonds. The number of nitrogens with zero attached hydrogens (tertiary/aromatic N) is 1. The van der Waals surface area contributed by atoms with Crippen molar-refractivity contribution in [1.29, 1.82) is 0 Å². The summed E-state index contributed by atoms with van der Waals surface area (Å²) in [6.45, 7) is 4.80. The van der Waals surface area contributed by atoms with Crippen LogP contribution in [0.15, 0.2) is 65.1 Å². The van der Waals surface area contributed by atoms with E-state index in [1.54, 1.807) is 6.07 Å². The highest BCUT2D eigenvalue weighted by Gasteiger charge is 2.53. The molecule has 4 aromatic rings. The van der Waals surface area contributed by atoms with E-state index in [9.17, 15) is 4.79 Å². The number of aldehydes is 1. The van der Waals surface area contributed by atoms with E-state index in [0.29, 0.717) is 22.9 Å². The van der Waals surface area contributed by atoms with Crippen molar-refractivity contribution in [3.63, 3.8) is 0 Å². The van der Waals surface area contributed by atoms with Crippen molar-refractivity contribution in [2.24, 2.45) is 11.3 Å². The van der Waals surface area contributed by atoms with E-state index in [-0.39, 0.29) is 0 Å². The van der Waals surface area contributed by atoms with Gasteiger partial charge in [0.25, 0.3) is 0 Å². The molecule has 2 heterocycles. The summed E-state index contributed by atoms with van der Waals surface area (Å²) in [5, 5.41) is 1.23. The quantitative estimate of drug-likeness (QED) is 0.366. The fourth-order valence-corrected chi connectivity index (χ4v) is 5.54. The zero-order valence-electron chi connectivity index (χ0n) is 17.2. The van der Waals surface area contributed by atoms with Crippen LogP contribution in [0, 0.1) is 11.3 Å². The van der Waals surface area contributed by atoms with Crippen LogP contribution < -0.4 is 0 Å². The van der Waals surface area contributed by atoms with Crippen molar-refractivity contribution in [3.8, 4) is 22.5 Å². The van der Waals surface area contributed by atoms with E-state index < -0.39 is 0 Å². The molecule has 1 fully saturated rings. The van der Waals surface area contributed by atoms with Gasteiger partial charge in [-0.15, -0.1) is 0 Å². The maximum Gasteiger partial charge on any atom is 0.185 e. The van der Waals surface area contributed by atoms with Gasteiger partial charge in [-0.1, -0.05) is 56.3 Å². The van der Waals surface area contributed by atoms with Crippen LogP contribution in [0.3, 0.4) is 0 Å². The SMILES string of the molecule is CC1(C)C2Cc3c(nc4ccccc4c3-c3ccc(-c4ccc(C=O)o4)cc3)C1C2. The standard InChI is InChI=1S/C27H23NO2/c1-27(2)18-13-21-25(20-5-3-4-6-23(20)28-26(21)22(27)14-18)17-9-7-16(8-10-17)24-12-11-19(15-29)30-24/h3-12,15,18,22H,13-14H2,1-2H3. The fraction of sp³-hybridized carbons (Fsp3) is 0.259. The van der Waals surface area contributed by atoms with Gasteiger partial charge >= 0.3 is 0 Å². The van der Waals surface area contributed by atoms with Gasteiger partial charge in [-0.25, -0.2) is 0 Å². The van der Waals surface area contributed by atoms with Gasteiger partial charge in [-0.2, -0.15) is 0 Å². The van der Waals surface area contributed by atoms with E-state index in [1.165, 1.54) is 34.2 Å². The molecular formula is C27H23NO2. The monoisotopic (exact) mass is 393 g/mol. The van der Waals surface area contributed by atoms with Gasteiger partial charge in [0, 0.05) is 22.6 Å². The third-order valence-corrected chi connectivity index (χ3v) is 7.48. The Kier molecular flexibility index (Phi) is 3.62. The molecule has 3 heteroatoms. The van der Waals surface area contributed by atoms with Crippen LogP contribution in [-0.4, -0.2) is 11.3 Å². The molecule has 0 aliphatic heterocycles. The topological polar surface area (TPSA) is 43.1 Å². The number of pyridine rings is 1. The van der Waals surface area contributed by atoms with E-state index in [0.717, 1.165) is 29.7 Å². The van der Waals surface area contributed by atoms with Gasteiger partial charge < -0.3 is 4.42 Å². The molecule has 3 aliphatic carbocycles. The number of rotatable bonds is 3. The highest BCUT2D eigenvalue weighted by atomic mass is 16.3. The summed E-state index contributed by atoms with van der Waals surface area (Å²) in [4.78, 5) is 16.1. The van der Waals surface area contributed by atoms with Crippen LogP contribution in [-0.2, 0) is 6.42 Å². The van der Waals surface area contributed by atoms with Gasteiger partial charge in [0.2, 0.25) is 0 Å². The second kappa shape index (κ2) is 6.15. The molecule has 2 bridgehead atoms.